The van der Waals surface area contributed by atoms with Crippen molar-refractivity contribution >= 4 is 17.5 Å². The molecule has 0 saturated carbocycles. The van der Waals surface area contributed by atoms with Crippen LogP contribution >= 0.6 is 11.6 Å². The van der Waals surface area contributed by atoms with Crippen LogP contribution in [0.4, 0.5) is 0 Å². The van der Waals surface area contributed by atoms with Gasteiger partial charge in [0, 0.05) is 11.8 Å². The lowest BCUT2D eigenvalue weighted by Gasteiger charge is -2.39. The predicted octanol–water partition coefficient (Wildman–Crippen LogP) is 2.95. The first kappa shape index (κ1) is 13.9. The Morgan fingerprint density at radius 3 is 2.76 bits per heavy atom. The molecule has 1 aliphatic heterocycles. The highest BCUT2D eigenvalue weighted by Crippen LogP contribution is 2.25. The molecule has 108 valence electrons. The molecule has 0 spiro atoms. The maximum Gasteiger partial charge on any atom is 0.254 e. The second kappa shape index (κ2) is 5.74. The van der Waals surface area contributed by atoms with Gasteiger partial charge in [-0.15, -0.1) is 0 Å². The lowest BCUT2D eigenvalue weighted by atomic mass is 10.0. The summed E-state index contributed by atoms with van der Waals surface area (Å²) in [4.78, 5) is 18.2. The summed E-state index contributed by atoms with van der Waals surface area (Å²) < 4.78 is 5.69. The van der Waals surface area contributed by atoms with Crippen molar-refractivity contribution in [2.75, 3.05) is 13.1 Å². The van der Waals surface area contributed by atoms with E-state index in [9.17, 15) is 4.79 Å². The largest absolute Gasteiger partial charge is 0.470 e. The Labute approximate surface area is 128 Å². The van der Waals surface area contributed by atoms with E-state index in [1.165, 1.54) is 0 Å². The maximum absolute atomic E-state index is 12.3. The van der Waals surface area contributed by atoms with Crippen LogP contribution in [0.15, 0.2) is 42.6 Å². The number of amides is 1. The van der Waals surface area contributed by atoms with Crippen LogP contribution in [0.25, 0.3) is 0 Å². The normalized spacial score (nSPS) is 14.7. The van der Waals surface area contributed by atoms with Gasteiger partial charge in [-0.25, -0.2) is 4.98 Å². The number of hydrogen-bond donors (Lipinski definition) is 0. The maximum atomic E-state index is 12.3. The molecule has 1 amide bonds. The number of likely N-dealkylation sites (tertiary alicyclic amines) is 1. The summed E-state index contributed by atoms with van der Waals surface area (Å²) in [5.74, 6) is 0.465. The molecule has 1 aliphatic rings. The third-order valence-corrected chi connectivity index (χ3v) is 3.80. The molecule has 0 unspecified atom stereocenters. The zero-order valence-electron chi connectivity index (χ0n) is 11.6. The minimum absolute atomic E-state index is 0.0417. The third kappa shape index (κ3) is 2.85. The van der Waals surface area contributed by atoms with Crippen LogP contribution in [-0.4, -0.2) is 35.0 Å². The van der Waals surface area contributed by atoms with Crippen molar-refractivity contribution < 1.29 is 9.53 Å². The summed E-state index contributed by atoms with van der Waals surface area (Å²) in [6, 6.07) is 11.1. The molecule has 0 aliphatic carbocycles. The number of pyridine rings is 1. The minimum atomic E-state index is -0.0506. The van der Waals surface area contributed by atoms with Crippen LogP contribution in [0.3, 0.4) is 0 Å². The highest BCUT2D eigenvalue weighted by Gasteiger charge is 2.33. The van der Waals surface area contributed by atoms with Crippen LogP contribution in [-0.2, 0) is 0 Å². The van der Waals surface area contributed by atoms with Crippen LogP contribution in [0.5, 0.6) is 5.88 Å². The van der Waals surface area contributed by atoms with Gasteiger partial charge in [-0.05, 0) is 30.7 Å². The van der Waals surface area contributed by atoms with Crippen molar-refractivity contribution in [3.63, 3.8) is 0 Å². The van der Waals surface area contributed by atoms with Crippen molar-refractivity contribution in [1.82, 2.24) is 9.88 Å². The van der Waals surface area contributed by atoms with Gasteiger partial charge in [0.25, 0.3) is 5.91 Å². The fourth-order valence-corrected chi connectivity index (χ4v) is 2.44. The van der Waals surface area contributed by atoms with E-state index in [-0.39, 0.29) is 12.0 Å². The van der Waals surface area contributed by atoms with Crippen molar-refractivity contribution in [2.24, 2.45) is 0 Å². The molecule has 5 heteroatoms. The summed E-state index contributed by atoms with van der Waals surface area (Å²) in [5, 5.41) is 0.487. The number of halogens is 1. The lowest BCUT2D eigenvalue weighted by Crippen LogP contribution is -2.56. The van der Waals surface area contributed by atoms with Gasteiger partial charge in [-0.1, -0.05) is 29.8 Å². The number of aryl methyl sites for hydroxylation is 1. The van der Waals surface area contributed by atoms with Gasteiger partial charge >= 0.3 is 0 Å². The number of carbonyl (C=O) groups excluding carboxylic acids is 1. The van der Waals surface area contributed by atoms with Gasteiger partial charge in [-0.2, -0.15) is 0 Å². The first-order valence-electron chi connectivity index (χ1n) is 6.77. The Hall–Kier alpha value is -2.07. The van der Waals surface area contributed by atoms with Gasteiger partial charge in [0.05, 0.1) is 13.1 Å². The monoisotopic (exact) mass is 302 g/mol. The summed E-state index contributed by atoms with van der Waals surface area (Å²) in [6.45, 7) is 3.05. The number of nitrogens with zero attached hydrogens (tertiary/aromatic N) is 2. The topological polar surface area (TPSA) is 42.4 Å². The molecule has 0 N–H and O–H groups in total. The van der Waals surface area contributed by atoms with Crippen LogP contribution < -0.4 is 4.74 Å². The van der Waals surface area contributed by atoms with Gasteiger partial charge in [0.1, 0.15) is 11.1 Å². The number of rotatable bonds is 3. The molecular weight excluding hydrogens is 288 g/mol. The summed E-state index contributed by atoms with van der Waals surface area (Å²) in [5.41, 5.74) is 1.73. The molecule has 1 aromatic heterocycles. The highest BCUT2D eigenvalue weighted by atomic mass is 35.5. The van der Waals surface area contributed by atoms with E-state index < -0.39 is 0 Å². The highest BCUT2D eigenvalue weighted by molar-refractivity contribution is 6.31. The summed E-state index contributed by atoms with van der Waals surface area (Å²) in [6.07, 6.45) is 1.58. The van der Waals surface area contributed by atoms with Crippen LogP contribution in [0, 0.1) is 6.92 Å². The van der Waals surface area contributed by atoms with E-state index >= 15 is 0 Å². The second-order valence-corrected chi connectivity index (χ2v) is 5.46. The molecule has 0 bridgehead atoms. The molecule has 1 aromatic carbocycles. The standard InChI is InChI=1S/C16H15ClN2O2/c1-11-5-2-3-6-13(11)16(20)19-9-12(10-19)21-15-14(17)7-4-8-18-15/h2-8,12H,9-10H2,1H3. The van der Waals surface area contributed by atoms with Crippen molar-refractivity contribution in [3.8, 4) is 5.88 Å². The van der Waals surface area contributed by atoms with Gasteiger partial charge in [0.15, 0.2) is 0 Å². The number of carbonyl (C=O) groups is 1. The first-order chi connectivity index (χ1) is 10.1. The molecule has 0 radical (unpaired) electrons. The van der Waals surface area contributed by atoms with E-state index in [0.29, 0.717) is 24.0 Å². The Morgan fingerprint density at radius 1 is 1.29 bits per heavy atom. The SMILES string of the molecule is Cc1ccccc1C(=O)N1CC(Oc2ncccc2Cl)C1. The molecule has 1 fully saturated rings. The molecule has 21 heavy (non-hydrogen) atoms. The van der Waals surface area contributed by atoms with Crippen molar-refractivity contribution in [1.29, 1.82) is 0 Å². The zero-order chi connectivity index (χ0) is 14.8. The van der Waals surface area contributed by atoms with Crippen LogP contribution in [0.2, 0.25) is 5.02 Å². The lowest BCUT2D eigenvalue weighted by molar-refractivity contribution is 0.0160. The first-order valence-corrected chi connectivity index (χ1v) is 7.15. The van der Waals surface area contributed by atoms with E-state index in [1.807, 2.05) is 31.2 Å². The van der Waals surface area contributed by atoms with Crippen LogP contribution in [0.1, 0.15) is 15.9 Å². The van der Waals surface area contributed by atoms with Crippen molar-refractivity contribution in [3.05, 3.63) is 58.7 Å². The minimum Gasteiger partial charge on any atom is -0.470 e. The Morgan fingerprint density at radius 2 is 2.05 bits per heavy atom. The number of aromatic nitrogens is 1. The van der Waals surface area contributed by atoms with Crippen molar-refractivity contribution in [2.45, 2.75) is 13.0 Å². The molecule has 2 heterocycles. The molecule has 2 aromatic rings. The third-order valence-electron chi connectivity index (χ3n) is 3.51. The fourth-order valence-electron chi connectivity index (χ4n) is 2.28. The number of hydrogen-bond acceptors (Lipinski definition) is 3. The quantitative estimate of drug-likeness (QED) is 0.875. The molecule has 4 nitrogen and oxygen atoms in total. The van der Waals surface area contributed by atoms with Gasteiger partial charge in [-0.3, -0.25) is 4.79 Å². The van der Waals surface area contributed by atoms with E-state index in [4.69, 9.17) is 16.3 Å². The van der Waals surface area contributed by atoms with E-state index in [2.05, 4.69) is 4.98 Å². The smallest absolute Gasteiger partial charge is 0.254 e. The Bertz CT molecular complexity index is 669. The van der Waals surface area contributed by atoms with E-state index in [1.54, 1.807) is 23.2 Å². The van der Waals surface area contributed by atoms with Gasteiger partial charge < -0.3 is 9.64 Å². The summed E-state index contributed by atoms with van der Waals surface area (Å²) >= 11 is 6.00. The fraction of sp³-hybridized carbons (Fsp3) is 0.250. The average Bonchev–Trinajstić information content (AvgIpc) is 2.44. The Balaban J connectivity index is 1.60. The summed E-state index contributed by atoms with van der Waals surface area (Å²) in [7, 11) is 0. The molecule has 1 saturated heterocycles. The Kier molecular flexibility index (Phi) is 3.80. The molecule has 3 rings (SSSR count). The average molecular weight is 303 g/mol. The zero-order valence-corrected chi connectivity index (χ0v) is 12.4. The second-order valence-electron chi connectivity index (χ2n) is 5.06. The van der Waals surface area contributed by atoms with E-state index in [0.717, 1.165) is 11.1 Å². The molecule has 0 atom stereocenters. The number of benzene rings is 1. The predicted molar refractivity (Wildman–Crippen MR) is 80.7 cm³/mol. The molecular formula is C16H15ClN2O2. The number of ether oxygens (including phenoxy) is 1. The van der Waals surface area contributed by atoms with Gasteiger partial charge in [0.2, 0.25) is 5.88 Å².